The molecule has 1 unspecified atom stereocenters. The van der Waals surface area contributed by atoms with E-state index < -0.39 is 6.10 Å². The van der Waals surface area contributed by atoms with E-state index in [0.29, 0.717) is 12.0 Å². The van der Waals surface area contributed by atoms with Crippen LogP contribution in [0.3, 0.4) is 0 Å². The normalized spacial score (nSPS) is 11.4. The van der Waals surface area contributed by atoms with Crippen LogP contribution in [-0.4, -0.2) is 61.0 Å². The molecule has 1 rings (SSSR count). The summed E-state index contributed by atoms with van der Waals surface area (Å²) in [6.07, 6.45) is -0.308. The number of ether oxygens (including phenoxy) is 1. The van der Waals surface area contributed by atoms with Crippen molar-refractivity contribution in [2.24, 2.45) is 0 Å². The Kier molecular flexibility index (Phi) is 7.48. The Bertz CT molecular complexity index is 518. The lowest BCUT2D eigenvalue weighted by atomic mass is 10.1. The largest absolute Gasteiger partial charge is 0.395 e. The predicted octanol–water partition coefficient (Wildman–Crippen LogP) is 0.500. The number of rotatable bonds is 6. The van der Waals surface area contributed by atoms with Gasteiger partial charge in [-0.3, -0.25) is 4.79 Å². The molecule has 0 saturated carbocycles. The molecule has 1 aromatic carbocycles. The molecular weight excluding hydrogens is 270 g/mol. The zero-order valence-corrected chi connectivity index (χ0v) is 12.4. The molecule has 0 spiro atoms. The Morgan fingerprint density at radius 3 is 2.90 bits per heavy atom. The molecule has 0 bridgehead atoms. The number of amides is 1. The highest BCUT2D eigenvalue weighted by Gasteiger charge is 2.15. The van der Waals surface area contributed by atoms with Crippen LogP contribution in [0.15, 0.2) is 24.3 Å². The lowest BCUT2D eigenvalue weighted by molar-refractivity contribution is 0.0380. The summed E-state index contributed by atoms with van der Waals surface area (Å²) in [6.45, 7) is 0.406. The van der Waals surface area contributed by atoms with Crippen LogP contribution in [0.4, 0.5) is 0 Å². The molecule has 5 heteroatoms. The topological polar surface area (TPSA) is 70.0 Å². The molecule has 0 aromatic heterocycles. The summed E-state index contributed by atoms with van der Waals surface area (Å²) in [7, 11) is 3.13. The highest BCUT2D eigenvalue weighted by molar-refractivity contribution is 5.94. The minimum absolute atomic E-state index is 0.0196. The fourth-order valence-electron chi connectivity index (χ4n) is 1.81. The SMILES string of the molecule is COCC(O)CN(C)C(=O)c1cccc(C#CCCO)c1. The smallest absolute Gasteiger partial charge is 0.253 e. The van der Waals surface area contributed by atoms with E-state index in [2.05, 4.69) is 11.8 Å². The summed E-state index contributed by atoms with van der Waals surface area (Å²) in [5.41, 5.74) is 1.23. The third kappa shape index (κ3) is 5.96. The molecule has 0 aliphatic carbocycles. The molecule has 0 fully saturated rings. The van der Waals surface area contributed by atoms with Gasteiger partial charge in [0.1, 0.15) is 0 Å². The van der Waals surface area contributed by atoms with Crippen molar-refractivity contribution in [1.82, 2.24) is 4.90 Å². The number of likely N-dealkylation sites (N-methyl/N-ethyl adjacent to an activating group) is 1. The maximum Gasteiger partial charge on any atom is 0.253 e. The molecule has 0 heterocycles. The second kappa shape index (κ2) is 9.14. The fraction of sp³-hybridized carbons (Fsp3) is 0.438. The molecule has 5 nitrogen and oxygen atoms in total. The lowest BCUT2D eigenvalue weighted by Gasteiger charge is -2.20. The number of hydrogen-bond donors (Lipinski definition) is 2. The van der Waals surface area contributed by atoms with E-state index in [4.69, 9.17) is 9.84 Å². The van der Waals surface area contributed by atoms with Gasteiger partial charge in [-0.15, -0.1) is 0 Å². The molecular formula is C16H21NO4. The summed E-state index contributed by atoms with van der Waals surface area (Å²) < 4.78 is 4.84. The number of benzene rings is 1. The molecule has 0 aliphatic heterocycles. The predicted molar refractivity (Wildman–Crippen MR) is 79.9 cm³/mol. The number of aliphatic hydroxyl groups excluding tert-OH is 2. The first-order valence-electron chi connectivity index (χ1n) is 6.70. The molecule has 0 saturated heterocycles. The average Bonchev–Trinajstić information content (AvgIpc) is 2.47. The van der Waals surface area contributed by atoms with Gasteiger partial charge < -0.3 is 19.8 Å². The molecule has 114 valence electrons. The van der Waals surface area contributed by atoms with Crippen molar-refractivity contribution >= 4 is 5.91 Å². The van der Waals surface area contributed by atoms with Gasteiger partial charge in [-0.25, -0.2) is 0 Å². The van der Waals surface area contributed by atoms with Crippen molar-refractivity contribution in [2.45, 2.75) is 12.5 Å². The first-order chi connectivity index (χ1) is 10.1. The van der Waals surface area contributed by atoms with Crippen LogP contribution in [0, 0.1) is 11.8 Å². The highest BCUT2D eigenvalue weighted by atomic mass is 16.5. The Labute approximate surface area is 125 Å². The van der Waals surface area contributed by atoms with E-state index >= 15 is 0 Å². The van der Waals surface area contributed by atoms with Crippen LogP contribution in [0.5, 0.6) is 0 Å². The van der Waals surface area contributed by atoms with Crippen LogP contribution >= 0.6 is 0 Å². The molecule has 21 heavy (non-hydrogen) atoms. The monoisotopic (exact) mass is 291 g/mol. The number of nitrogens with zero attached hydrogens (tertiary/aromatic N) is 1. The van der Waals surface area contributed by atoms with E-state index in [1.807, 2.05) is 0 Å². The standard InChI is InChI=1S/C16H21NO4/c1-17(11-15(19)12-21-2)16(20)14-8-5-7-13(10-14)6-3-4-9-18/h5,7-8,10,15,18-19H,4,9,11-12H2,1-2H3. The third-order valence-corrected chi connectivity index (χ3v) is 2.77. The number of hydrogen-bond acceptors (Lipinski definition) is 4. The van der Waals surface area contributed by atoms with Gasteiger partial charge in [0.15, 0.2) is 0 Å². The van der Waals surface area contributed by atoms with Gasteiger partial charge in [0.05, 0.1) is 19.3 Å². The maximum atomic E-state index is 12.3. The van der Waals surface area contributed by atoms with E-state index in [-0.39, 0.29) is 25.7 Å². The van der Waals surface area contributed by atoms with E-state index in [1.54, 1.807) is 31.3 Å². The van der Waals surface area contributed by atoms with Crippen molar-refractivity contribution in [3.63, 3.8) is 0 Å². The number of carbonyl (C=O) groups excluding carboxylic acids is 1. The summed E-state index contributed by atoms with van der Waals surface area (Å²) >= 11 is 0. The zero-order valence-electron chi connectivity index (χ0n) is 12.4. The summed E-state index contributed by atoms with van der Waals surface area (Å²) in [6, 6.07) is 6.97. The summed E-state index contributed by atoms with van der Waals surface area (Å²) in [5.74, 6) is 5.52. The quantitative estimate of drug-likeness (QED) is 0.749. The second-order valence-electron chi connectivity index (χ2n) is 4.65. The van der Waals surface area contributed by atoms with Gasteiger partial charge in [0, 0.05) is 38.2 Å². The van der Waals surface area contributed by atoms with Gasteiger partial charge in [0.25, 0.3) is 5.91 Å². The fourth-order valence-corrected chi connectivity index (χ4v) is 1.81. The number of aliphatic hydroxyl groups is 2. The van der Waals surface area contributed by atoms with Gasteiger partial charge in [-0.1, -0.05) is 17.9 Å². The number of carbonyl (C=O) groups is 1. The van der Waals surface area contributed by atoms with Crippen LogP contribution in [0.25, 0.3) is 0 Å². The molecule has 0 aliphatic rings. The highest BCUT2D eigenvalue weighted by Crippen LogP contribution is 2.08. The van der Waals surface area contributed by atoms with Gasteiger partial charge >= 0.3 is 0 Å². The summed E-state index contributed by atoms with van der Waals surface area (Å²) in [5, 5.41) is 18.3. The van der Waals surface area contributed by atoms with Crippen molar-refractivity contribution in [3.8, 4) is 11.8 Å². The third-order valence-electron chi connectivity index (χ3n) is 2.77. The Morgan fingerprint density at radius 1 is 1.48 bits per heavy atom. The van der Waals surface area contributed by atoms with E-state index in [9.17, 15) is 9.90 Å². The zero-order chi connectivity index (χ0) is 15.7. The van der Waals surface area contributed by atoms with Crippen molar-refractivity contribution in [1.29, 1.82) is 0 Å². The van der Waals surface area contributed by atoms with Crippen molar-refractivity contribution in [3.05, 3.63) is 35.4 Å². The van der Waals surface area contributed by atoms with Crippen LogP contribution in [0.2, 0.25) is 0 Å². The van der Waals surface area contributed by atoms with Crippen molar-refractivity contribution < 1.29 is 19.7 Å². The average molecular weight is 291 g/mol. The second-order valence-corrected chi connectivity index (χ2v) is 4.65. The van der Waals surface area contributed by atoms with Gasteiger partial charge in [0.2, 0.25) is 0 Å². The van der Waals surface area contributed by atoms with E-state index in [0.717, 1.165) is 5.56 Å². The summed E-state index contributed by atoms with van der Waals surface area (Å²) in [4.78, 5) is 13.7. The molecule has 0 radical (unpaired) electrons. The Balaban J connectivity index is 2.74. The first kappa shape index (κ1) is 17.2. The van der Waals surface area contributed by atoms with E-state index in [1.165, 1.54) is 12.0 Å². The van der Waals surface area contributed by atoms with Crippen LogP contribution < -0.4 is 0 Å². The number of methoxy groups -OCH3 is 1. The van der Waals surface area contributed by atoms with Crippen LogP contribution in [-0.2, 0) is 4.74 Å². The van der Waals surface area contributed by atoms with Gasteiger partial charge in [-0.2, -0.15) is 0 Å². The maximum absolute atomic E-state index is 12.3. The molecule has 1 atom stereocenters. The Hall–Kier alpha value is -1.87. The van der Waals surface area contributed by atoms with Crippen molar-refractivity contribution in [2.75, 3.05) is 33.9 Å². The Morgan fingerprint density at radius 2 is 2.24 bits per heavy atom. The lowest BCUT2D eigenvalue weighted by Crippen LogP contribution is -2.36. The molecule has 2 N–H and O–H groups in total. The van der Waals surface area contributed by atoms with Crippen LogP contribution in [0.1, 0.15) is 22.3 Å². The minimum Gasteiger partial charge on any atom is -0.395 e. The molecule has 1 amide bonds. The molecule has 1 aromatic rings. The first-order valence-corrected chi connectivity index (χ1v) is 6.70. The minimum atomic E-state index is -0.712. The van der Waals surface area contributed by atoms with Gasteiger partial charge in [-0.05, 0) is 18.2 Å².